The predicted octanol–water partition coefficient (Wildman–Crippen LogP) is 7.51. The lowest BCUT2D eigenvalue weighted by Crippen LogP contribution is -2.07. The van der Waals surface area contributed by atoms with Crippen LogP contribution < -0.4 is 0 Å². The number of hydrogen-bond acceptors (Lipinski definition) is 0. The summed E-state index contributed by atoms with van der Waals surface area (Å²) in [6, 6.07) is 20.5. The normalized spacial score (nSPS) is 14.6. The largest absolute Gasteiger partial charge is 0.0654 e. The van der Waals surface area contributed by atoms with Crippen LogP contribution in [0.2, 0.25) is 0 Å². The van der Waals surface area contributed by atoms with Crippen molar-refractivity contribution in [3.05, 3.63) is 60.2 Å². The molecule has 24 heavy (non-hydrogen) atoms. The minimum atomic E-state index is 0.598. The molecule has 0 fully saturated rings. The molecule has 4 rings (SSSR count). The first-order chi connectivity index (χ1) is 11.7. The average molecular weight is 314 g/mol. The lowest BCUT2D eigenvalue weighted by Gasteiger charge is -2.23. The van der Waals surface area contributed by atoms with E-state index >= 15 is 0 Å². The molecule has 0 heterocycles. The van der Waals surface area contributed by atoms with Gasteiger partial charge in [-0.15, -0.1) is 0 Å². The third kappa shape index (κ3) is 2.36. The monoisotopic (exact) mass is 314 g/mol. The number of rotatable bonds is 5. The van der Waals surface area contributed by atoms with Crippen molar-refractivity contribution in [1.82, 2.24) is 0 Å². The molecule has 0 amide bonds. The van der Waals surface area contributed by atoms with Crippen LogP contribution in [-0.2, 0) is 0 Å². The van der Waals surface area contributed by atoms with Crippen molar-refractivity contribution in [2.75, 3.05) is 0 Å². The molecule has 122 valence electrons. The highest BCUT2D eigenvalue weighted by atomic mass is 14.2. The third-order valence-electron chi connectivity index (χ3n) is 5.92. The van der Waals surface area contributed by atoms with Crippen LogP contribution in [0.4, 0.5) is 0 Å². The van der Waals surface area contributed by atoms with E-state index in [1.807, 2.05) is 0 Å². The highest BCUT2D eigenvalue weighted by Gasteiger charge is 2.18. The molecule has 0 aliphatic rings. The molecule has 0 aliphatic carbocycles. The maximum atomic E-state index is 2.41. The molecule has 0 spiro atoms. The molecule has 2 atom stereocenters. The Balaban J connectivity index is 1.94. The van der Waals surface area contributed by atoms with E-state index in [1.165, 1.54) is 57.1 Å². The Morgan fingerprint density at radius 3 is 2.08 bits per heavy atom. The molecular weight excluding hydrogens is 288 g/mol. The molecule has 0 aliphatic heterocycles. The predicted molar refractivity (Wildman–Crippen MR) is 107 cm³/mol. The molecular formula is C24H26. The lowest BCUT2D eigenvalue weighted by atomic mass is 9.81. The van der Waals surface area contributed by atoms with Crippen molar-refractivity contribution in [3.63, 3.8) is 0 Å². The van der Waals surface area contributed by atoms with Gasteiger partial charge in [0.25, 0.3) is 0 Å². The number of hydrogen-bond donors (Lipinski definition) is 0. The molecule has 2 unspecified atom stereocenters. The van der Waals surface area contributed by atoms with Gasteiger partial charge in [0.15, 0.2) is 0 Å². The van der Waals surface area contributed by atoms with Gasteiger partial charge in [0, 0.05) is 0 Å². The van der Waals surface area contributed by atoms with Gasteiger partial charge in [0.2, 0.25) is 0 Å². The Hall–Kier alpha value is -2.08. The molecule has 0 saturated carbocycles. The molecule has 0 heteroatoms. The first-order valence-corrected chi connectivity index (χ1v) is 9.37. The van der Waals surface area contributed by atoms with E-state index in [9.17, 15) is 0 Å². The van der Waals surface area contributed by atoms with Crippen LogP contribution in [0.5, 0.6) is 0 Å². The quantitative estimate of drug-likeness (QED) is 0.334. The molecule has 0 N–H and O–H groups in total. The molecule has 4 aromatic carbocycles. The summed E-state index contributed by atoms with van der Waals surface area (Å²) in [4.78, 5) is 0. The van der Waals surface area contributed by atoms with E-state index in [0.29, 0.717) is 5.92 Å². The fourth-order valence-electron chi connectivity index (χ4n) is 4.24. The van der Waals surface area contributed by atoms with Crippen molar-refractivity contribution in [1.29, 1.82) is 0 Å². The van der Waals surface area contributed by atoms with E-state index in [0.717, 1.165) is 5.92 Å². The van der Waals surface area contributed by atoms with E-state index in [-0.39, 0.29) is 0 Å². The van der Waals surface area contributed by atoms with Gasteiger partial charge in [-0.25, -0.2) is 0 Å². The molecule has 0 aromatic heterocycles. The second kappa shape index (κ2) is 6.09. The van der Waals surface area contributed by atoms with Crippen molar-refractivity contribution in [2.45, 2.75) is 46.0 Å². The minimum absolute atomic E-state index is 0.598. The molecule has 0 nitrogen and oxygen atoms in total. The van der Waals surface area contributed by atoms with Gasteiger partial charge >= 0.3 is 0 Å². The average Bonchev–Trinajstić information content (AvgIpc) is 2.63. The zero-order valence-electron chi connectivity index (χ0n) is 15.0. The highest BCUT2D eigenvalue weighted by Crippen LogP contribution is 2.39. The number of benzene rings is 4. The van der Waals surface area contributed by atoms with Gasteiger partial charge in [-0.3, -0.25) is 0 Å². The first-order valence-electron chi connectivity index (χ1n) is 9.37. The van der Waals surface area contributed by atoms with Crippen molar-refractivity contribution < 1.29 is 0 Å². The molecule has 0 saturated heterocycles. The Labute approximate surface area is 144 Å². The van der Waals surface area contributed by atoms with Crippen LogP contribution in [0.3, 0.4) is 0 Å². The summed E-state index contributed by atoms with van der Waals surface area (Å²) >= 11 is 0. The smallest absolute Gasteiger partial charge is 0.00239 e. The maximum absolute atomic E-state index is 2.41. The van der Waals surface area contributed by atoms with E-state index in [2.05, 4.69) is 75.4 Å². The van der Waals surface area contributed by atoms with Crippen LogP contribution in [0.15, 0.2) is 54.6 Å². The van der Waals surface area contributed by atoms with Gasteiger partial charge < -0.3 is 0 Å². The van der Waals surface area contributed by atoms with E-state index < -0.39 is 0 Å². The van der Waals surface area contributed by atoms with Crippen LogP contribution >= 0.6 is 0 Å². The standard InChI is InChI=1S/C24H26/c1-4-5-7-16(2)17(3)21-14-12-20-11-10-18-8-6-9-19-13-15-22(21)24(20)23(18)19/h6,8-17H,4-5,7H2,1-3H3. The van der Waals surface area contributed by atoms with Crippen LogP contribution in [0.1, 0.15) is 51.5 Å². The summed E-state index contributed by atoms with van der Waals surface area (Å²) in [6.45, 7) is 7.11. The SMILES string of the molecule is CCCCC(C)C(C)c1ccc2ccc3cccc4ccc1c2c34. The first kappa shape index (κ1) is 15.4. The Bertz CT molecular complexity index is 963. The second-order valence-corrected chi connectivity index (χ2v) is 7.42. The van der Waals surface area contributed by atoms with Crippen LogP contribution in [0.25, 0.3) is 32.3 Å². The summed E-state index contributed by atoms with van der Waals surface area (Å²) in [7, 11) is 0. The van der Waals surface area contributed by atoms with Gasteiger partial charge in [-0.2, -0.15) is 0 Å². The zero-order valence-corrected chi connectivity index (χ0v) is 15.0. The second-order valence-electron chi connectivity index (χ2n) is 7.42. The van der Waals surface area contributed by atoms with Gasteiger partial charge in [-0.1, -0.05) is 94.6 Å². The Morgan fingerprint density at radius 1 is 0.750 bits per heavy atom. The van der Waals surface area contributed by atoms with E-state index in [4.69, 9.17) is 0 Å². The van der Waals surface area contributed by atoms with Crippen LogP contribution in [0, 0.1) is 5.92 Å². The molecule has 0 radical (unpaired) electrons. The fraction of sp³-hybridized carbons (Fsp3) is 0.333. The highest BCUT2D eigenvalue weighted by molar-refractivity contribution is 6.23. The van der Waals surface area contributed by atoms with Gasteiger partial charge in [0.1, 0.15) is 0 Å². The van der Waals surface area contributed by atoms with Crippen molar-refractivity contribution in [3.8, 4) is 0 Å². The summed E-state index contributed by atoms with van der Waals surface area (Å²) in [5.74, 6) is 1.32. The minimum Gasteiger partial charge on any atom is -0.0654 e. The Morgan fingerprint density at radius 2 is 1.38 bits per heavy atom. The number of unbranched alkanes of at least 4 members (excludes halogenated alkanes) is 1. The summed E-state index contributed by atoms with van der Waals surface area (Å²) in [6.07, 6.45) is 3.94. The molecule has 0 bridgehead atoms. The lowest BCUT2D eigenvalue weighted by molar-refractivity contribution is 0.438. The maximum Gasteiger partial charge on any atom is -0.00239 e. The fourth-order valence-corrected chi connectivity index (χ4v) is 4.24. The summed E-state index contributed by atoms with van der Waals surface area (Å²) in [5, 5.41) is 8.42. The molecule has 4 aromatic rings. The Kier molecular flexibility index (Phi) is 3.92. The van der Waals surface area contributed by atoms with E-state index in [1.54, 1.807) is 0 Å². The zero-order chi connectivity index (χ0) is 16.7. The summed E-state index contributed by atoms with van der Waals surface area (Å²) in [5.41, 5.74) is 1.52. The van der Waals surface area contributed by atoms with Gasteiger partial charge in [-0.05, 0) is 49.7 Å². The van der Waals surface area contributed by atoms with Gasteiger partial charge in [0.05, 0.1) is 0 Å². The van der Waals surface area contributed by atoms with Crippen molar-refractivity contribution >= 4 is 32.3 Å². The van der Waals surface area contributed by atoms with Crippen molar-refractivity contribution in [2.24, 2.45) is 5.92 Å². The summed E-state index contributed by atoms with van der Waals surface area (Å²) < 4.78 is 0. The topological polar surface area (TPSA) is 0 Å². The van der Waals surface area contributed by atoms with Crippen LogP contribution in [-0.4, -0.2) is 0 Å². The third-order valence-corrected chi connectivity index (χ3v) is 5.92.